The number of aromatic amines is 1. The van der Waals surface area contributed by atoms with Gasteiger partial charge in [-0.2, -0.15) is 0 Å². The monoisotopic (exact) mass is 280 g/mol. The molecule has 0 unspecified atom stereocenters. The van der Waals surface area contributed by atoms with Crippen molar-refractivity contribution in [3.63, 3.8) is 0 Å². The van der Waals surface area contributed by atoms with Crippen LogP contribution in [-0.4, -0.2) is 25.6 Å². The number of nitrogens with zero attached hydrogens (tertiary/aromatic N) is 2. The maximum atomic E-state index is 11.6. The summed E-state index contributed by atoms with van der Waals surface area (Å²) >= 11 is 0. The first kappa shape index (κ1) is 13.3. The first-order valence-corrected chi connectivity index (χ1v) is 5.24. The molecule has 0 aliphatic carbocycles. The van der Waals surface area contributed by atoms with Crippen molar-refractivity contribution >= 4 is 28.4 Å². The minimum atomic E-state index is -1.34. The van der Waals surface area contributed by atoms with Crippen molar-refractivity contribution in [2.24, 2.45) is 0 Å². The van der Waals surface area contributed by atoms with Gasteiger partial charge in [0, 0.05) is 6.07 Å². The number of nitrogens with two attached hydrogens (primary N) is 1. The van der Waals surface area contributed by atoms with E-state index in [9.17, 15) is 24.5 Å². The average Bonchev–Trinajstić information content (AvgIpc) is 2.34. The molecular weight excluding hydrogens is 272 g/mol. The zero-order valence-corrected chi connectivity index (χ0v) is 9.82. The van der Waals surface area contributed by atoms with E-state index in [1.54, 1.807) is 0 Å². The van der Waals surface area contributed by atoms with E-state index in [-0.39, 0.29) is 16.7 Å². The van der Waals surface area contributed by atoms with Crippen molar-refractivity contribution in [1.82, 2.24) is 9.55 Å². The summed E-state index contributed by atoms with van der Waals surface area (Å²) in [6, 6.07) is 2.05. The highest BCUT2D eigenvalue weighted by atomic mass is 16.6. The largest absolute Gasteiger partial charge is 0.480 e. The predicted molar refractivity (Wildman–Crippen MR) is 67.5 cm³/mol. The number of rotatable bonds is 3. The van der Waals surface area contributed by atoms with E-state index in [1.807, 2.05) is 0 Å². The zero-order valence-electron chi connectivity index (χ0n) is 9.82. The summed E-state index contributed by atoms with van der Waals surface area (Å²) in [4.78, 5) is 45.9. The van der Waals surface area contributed by atoms with Crippen LogP contribution in [0.4, 0.5) is 11.4 Å². The normalized spacial score (nSPS) is 10.6. The summed E-state index contributed by atoms with van der Waals surface area (Å²) in [5, 5.41) is 19.5. The van der Waals surface area contributed by atoms with Crippen molar-refractivity contribution in [2.45, 2.75) is 6.54 Å². The molecule has 2 rings (SSSR count). The number of carboxylic acids is 1. The Bertz CT molecular complexity index is 849. The Morgan fingerprint density at radius 1 is 1.45 bits per heavy atom. The molecule has 0 atom stereocenters. The van der Waals surface area contributed by atoms with Gasteiger partial charge in [-0.3, -0.25) is 29.1 Å². The molecule has 1 aromatic carbocycles. The maximum Gasteiger partial charge on any atom is 0.323 e. The molecule has 0 bridgehead atoms. The third kappa shape index (κ3) is 2.09. The molecule has 0 fully saturated rings. The van der Waals surface area contributed by atoms with Gasteiger partial charge in [-0.05, 0) is 6.07 Å². The van der Waals surface area contributed by atoms with Gasteiger partial charge >= 0.3 is 17.1 Å². The van der Waals surface area contributed by atoms with Gasteiger partial charge in [0.15, 0.2) is 0 Å². The molecule has 1 aromatic heterocycles. The van der Waals surface area contributed by atoms with Gasteiger partial charge in [0.05, 0.1) is 16.0 Å². The molecule has 0 aliphatic rings. The van der Waals surface area contributed by atoms with Gasteiger partial charge in [0.1, 0.15) is 12.2 Å². The lowest BCUT2D eigenvalue weighted by Gasteiger charge is -2.08. The first-order valence-electron chi connectivity index (χ1n) is 5.24. The molecule has 10 nitrogen and oxygen atoms in total. The number of carbonyl (C=O) groups is 1. The van der Waals surface area contributed by atoms with Gasteiger partial charge in [-0.25, -0.2) is 0 Å². The van der Waals surface area contributed by atoms with Gasteiger partial charge in [0.25, 0.3) is 5.69 Å². The van der Waals surface area contributed by atoms with Crippen LogP contribution in [0.1, 0.15) is 0 Å². The van der Waals surface area contributed by atoms with Crippen LogP contribution in [0.25, 0.3) is 11.0 Å². The second-order valence-corrected chi connectivity index (χ2v) is 3.92. The number of fused-ring (bicyclic) bond motifs is 1. The summed E-state index contributed by atoms with van der Waals surface area (Å²) in [6.07, 6.45) is 0. The van der Waals surface area contributed by atoms with Crippen molar-refractivity contribution in [3.05, 3.63) is 43.0 Å². The maximum absolute atomic E-state index is 11.6. The number of nitrogen functional groups attached to an aromatic ring is 1. The summed E-state index contributed by atoms with van der Waals surface area (Å²) in [5.41, 5.74) is 2.59. The van der Waals surface area contributed by atoms with Crippen molar-refractivity contribution < 1.29 is 14.8 Å². The molecular formula is C10H8N4O6. The number of carboxylic acid groups (broad SMARTS) is 1. The first-order chi connectivity index (χ1) is 9.31. The van der Waals surface area contributed by atoms with Crippen LogP contribution < -0.4 is 16.9 Å². The number of hydrogen-bond acceptors (Lipinski definition) is 6. The van der Waals surface area contributed by atoms with Crippen molar-refractivity contribution in [3.8, 4) is 0 Å². The van der Waals surface area contributed by atoms with Crippen molar-refractivity contribution in [1.29, 1.82) is 0 Å². The summed E-state index contributed by atoms with van der Waals surface area (Å²) < 4.78 is 0.691. The Morgan fingerprint density at radius 3 is 2.65 bits per heavy atom. The van der Waals surface area contributed by atoms with E-state index in [4.69, 9.17) is 10.8 Å². The van der Waals surface area contributed by atoms with Gasteiger partial charge in [-0.15, -0.1) is 0 Å². The fourth-order valence-corrected chi connectivity index (χ4v) is 1.77. The van der Waals surface area contributed by atoms with Crippen LogP contribution in [0.5, 0.6) is 0 Å². The van der Waals surface area contributed by atoms with Crippen LogP contribution in [0, 0.1) is 10.1 Å². The number of H-pyrrole nitrogens is 1. The number of nitro groups is 1. The highest BCUT2D eigenvalue weighted by Gasteiger charge is 2.17. The molecule has 0 amide bonds. The lowest BCUT2D eigenvalue weighted by molar-refractivity contribution is -0.383. The molecule has 0 radical (unpaired) electrons. The standard InChI is InChI=1S/C10H8N4O6/c11-4-1-7-5(2-6(4)14(19)20)12-9(17)10(18)13(7)3-8(15)16/h1-2H,3,11H2,(H,12,17)(H,15,16). The number of aliphatic carboxylic acids is 1. The number of nitrogens with one attached hydrogen (secondary N) is 1. The molecule has 0 aliphatic heterocycles. The molecule has 4 N–H and O–H groups in total. The molecule has 2 aromatic rings. The Kier molecular flexibility index (Phi) is 2.98. The summed E-state index contributed by atoms with van der Waals surface area (Å²) in [7, 11) is 0. The number of benzene rings is 1. The molecule has 20 heavy (non-hydrogen) atoms. The lowest BCUT2D eigenvalue weighted by Crippen LogP contribution is -2.37. The lowest BCUT2D eigenvalue weighted by atomic mass is 10.2. The average molecular weight is 280 g/mol. The second-order valence-electron chi connectivity index (χ2n) is 3.92. The van der Waals surface area contributed by atoms with Crippen LogP contribution >= 0.6 is 0 Å². The molecule has 10 heteroatoms. The van der Waals surface area contributed by atoms with E-state index >= 15 is 0 Å². The molecule has 0 spiro atoms. The van der Waals surface area contributed by atoms with Crippen LogP contribution in [0.15, 0.2) is 21.7 Å². The van der Waals surface area contributed by atoms with Crippen LogP contribution in [0.2, 0.25) is 0 Å². The van der Waals surface area contributed by atoms with Gasteiger partial charge in [0.2, 0.25) is 0 Å². The third-order valence-corrected chi connectivity index (χ3v) is 2.61. The fraction of sp³-hybridized carbons (Fsp3) is 0.100. The fourth-order valence-electron chi connectivity index (χ4n) is 1.77. The van der Waals surface area contributed by atoms with Crippen LogP contribution in [0.3, 0.4) is 0 Å². The smallest absolute Gasteiger partial charge is 0.323 e. The SMILES string of the molecule is Nc1cc2c(cc1[N+](=O)[O-])[nH]c(=O)c(=O)n2CC(=O)O. The minimum Gasteiger partial charge on any atom is -0.480 e. The van der Waals surface area contributed by atoms with Gasteiger partial charge < -0.3 is 15.8 Å². The van der Waals surface area contributed by atoms with E-state index in [2.05, 4.69) is 4.98 Å². The van der Waals surface area contributed by atoms with Crippen LogP contribution in [-0.2, 0) is 11.3 Å². The van der Waals surface area contributed by atoms with E-state index < -0.39 is 34.2 Å². The minimum absolute atomic E-state index is 0.0000926. The number of hydrogen-bond donors (Lipinski definition) is 3. The van der Waals surface area contributed by atoms with E-state index in [0.29, 0.717) is 4.57 Å². The molecule has 0 saturated carbocycles. The Balaban J connectivity index is 2.91. The highest BCUT2D eigenvalue weighted by Crippen LogP contribution is 2.25. The Labute approximate surface area is 109 Å². The Morgan fingerprint density at radius 2 is 2.10 bits per heavy atom. The van der Waals surface area contributed by atoms with E-state index in [1.165, 1.54) is 0 Å². The summed E-state index contributed by atoms with van der Waals surface area (Å²) in [6.45, 7) is -0.753. The van der Waals surface area contributed by atoms with Gasteiger partial charge in [-0.1, -0.05) is 0 Å². The molecule has 1 heterocycles. The quantitative estimate of drug-likeness (QED) is 0.288. The van der Waals surface area contributed by atoms with Crippen molar-refractivity contribution in [2.75, 3.05) is 5.73 Å². The van der Waals surface area contributed by atoms with E-state index in [0.717, 1.165) is 12.1 Å². The number of aromatic nitrogens is 2. The summed E-state index contributed by atoms with van der Waals surface area (Å²) in [5.74, 6) is -1.34. The predicted octanol–water partition coefficient (Wildman–Crippen LogP) is -0.735. The third-order valence-electron chi connectivity index (χ3n) is 2.61. The topological polar surface area (TPSA) is 161 Å². The molecule has 104 valence electrons. The zero-order chi connectivity index (χ0) is 15.0. The highest BCUT2D eigenvalue weighted by molar-refractivity contribution is 5.84. The number of anilines is 1. The Hall–Kier alpha value is -3.17. The second kappa shape index (κ2) is 4.50. The number of nitro benzene ring substituents is 1. The molecule has 0 saturated heterocycles.